The van der Waals surface area contributed by atoms with E-state index < -0.39 is 0 Å². The lowest BCUT2D eigenvalue weighted by Gasteiger charge is -2.17. The maximum absolute atomic E-state index is 8.88. The van der Waals surface area contributed by atoms with Crippen molar-refractivity contribution in [1.29, 1.82) is 0 Å². The number of unbranched alkanes of at least 4 members (excludes halogenated alkanes) is 2. The van der Waals surface area contributed by atoms with Crippen LogP contribution in [0.4, 0.5) is 0 Å². The first-order valence-corrected chi connectivity index (χ1v) is 10.0. The van der Waals surface area contributed by atoms with Gasteiger partial charge in [0.25, 0.3) is 0 Å². The minimum absolute atomic E-state index is 0.380. The highest BCUT2D eigenvalue weighted by Crippen LogP contribution is 2.24. The molecule has 0 radical (unpaired) electrons. The Bertz CT molecular complexity index is 186. The molecule has 0 spiro atoms. The normalized spacial score (nSPS) is 21.6. The third-order valence-corrected chi connectivity index (χ3v) is 5.25. The van der Waals surface area contributed by atoms with E-state index in [2.05, 4.69) is 0 Å². The lowest BCUT2D eigenvalue weighted by Crippen LogP contribution is -2.02. The molecule has 126 valence electrons. The summed E-state index contributed by atoms with van der Waals surface area (Å²) in [6.07, 6.45) is 25.6. The molecule has 0 atom stereocenters. The summed E-state index contributed by atoms with van der Waals surface area (Å²) < 4.78 is 0. The molecule has 1 heteroatoms. The fraction of sp³-hybridized carbons (Fsp3) is 1.00. The van der Waals surface area contributed by atoms with Crippen LogP contribution >= 0.6 is 0 Å². The number of aliphatic hydroxyl groups is 1. The molecular weight excluding hydrogens is 256 g/mol. The van der Waals surface area contributed by atoms with Gasteiger partial charge in [-0.1, -0.05) is 109 Å². The van der Waals surface area contributed by atoms with E-state index in [1.165, 1.54) is 109 Å². The molecule has 21 heavy (non-hydrogen) atoms. The van der Waals surface area contributed by atoms with Crippen molar-refractivity contribution in [3.63, 3.8) is 0 Å². The lowest BCUT2D eigenvalue weighted by molar-refractivity contribution is 0.278. The molecule has 1 saturated carbocycles. The summed E-state index contributed by atoms with van der Waals surface area (Å²) in [6, 6.07) is 0. The minimum atomic E-state index is 0.380. The molecule has 1 aliphatic carbocycles. The van der Waals surface area contributed by atoms with Gasteiger partial charge < -0.3 is 5.11 Å². The topological polar surface area (TPSA) is 20.2 Å². The van der Waals surface area contributed by atoms with Crippen molar-refractivity contribution in [2.75, 3.05) is 6.61 Å². The molecule has 1 N–H and O–H groups in total. The second-order valence-electron chi connectivity index (χ2n) is 7.26. The van der Waals surface area contributed by atoms with Crippen LogP contribution in [0, 0.1) is 5.92 Å². The van der Waals surface area contributed by atoms with E-state index in [-0.39, 0.29) is 0 Å². The third kappa shape index (κ3) is 12.2. The van der Waals surface area contributed by atoms with Crippen LogP contribution in [-0.4, -0.2) is 11.7 Å². The minimum Gasteiger partial charge on any atom is -0.396 e. The van der Waals surface area contributed by atoms with Crippen molar-refractivity contribution in [2.24, 2.45) is 5.92 Å². The number of hydrogen-bond acceptors (Lipinski definition) is 1. The van der Waals surface area contributed by atoms with Crippen LogP contribution in [0.3, 0.4) is 0 Å². The van der Waals surface area contributed by atoms with Crippen molar-refractivity contribution in [1.82, 2.24) is 0 Å². The first-order valence-electron chi connectivity index (χ1n) is 10.0. The van der Waals surface area contributed by atoms with Gasteiger partial charge in [0.1, 0.15) is 0 Å². The molecule has 0 aromatic heterocycles. The average molecular weight is 297 g/mol. The fourth-order valence-electron chi connectivity index (χ4n) is 3.79. The Morgan fingerprint density at radius 1 is 0.524 bits per heavy atom. The average Bonchev–Trinajstić information content (AvgIpc) is 2.51. The van der Waals surface area contributed by atoms with E-state index in [1.807, 2.05) is 0 Å². The summed E-state index contributed by atoms with van der Waals surface area (Å²) in [6.45, 7) is 0.380. The highest BCUT2D eigenvalue weighted by molar-refractivity contribution is 4.62. The Balaban J connectivity index is 2.20. The highest BCUT2D eigenvalue weighted by Gasteiger charge is 2.08. The molecule has 0 aromatic rings. The Labute approximate surface area is 133 Å². The summed E-state index contributed by atoms with van der Waals surface area (Å²) >= 11 is 0. The lowest BCUT2D eigenvalue weighted by atomic mass is 9.90. The summed E-state index contributed by atoms with van der Waals surface area (Å²) in [4.78, 5) is 0. The predicted octanol–water partition coefficient (Wildman–Crippen LogP) is 6.63. The van der Waals surface area contributed by atoms with Gasteiger partial charge in [-0.25, -0.2) is 0 Å². The van der Waals surface area contributed by atoms with E-state index >= 15 is 0 Å². The van der Waals surface area contributed by atoms with Gasteiger partial charge in [-0.2, -0.15) is 0 Å². The van der Waals surface area contributed by atoms with E-state index in [4.69, 9.17) is 5.11 Å². The molecule has 0 aromatic carbocycles. The Morgan fingerprint density at radius 2 is 0.952 bits per heavy atom. The molecule has 1 fully saturated rings. The van der Waals surface area contributed by atoms with Crippen molar-refractivity contribution in [3.05, 3.63) is 0 Å². The maximum Gasteiger partial charge on any atom is 0.0431 e. The Hall–Kier alpha value is -0.0400. The molecule has 0 saturated heterocycles. The Morgan fingerprint density at radius 3 is 1.38 bits per heavy atom. The zero-order valence-corrected chi connectivity index (χ0v) is 14.5. The molecule has 1 rings (SSSR count). The molecule has 0 aliphatic heterocycles. The predicted molar refractivity (Wildman–Crippen MR) is 93.7 cm³/mol. The molecule has 0 bridgehead atoms. The van der Waals surface area contributed by atoms with E-state index in [9.17, 15) is 0 Å². The van der Waals surface area contributed by atoms with Gasteiger partial charge in [0.15, 0.2) is 0 Å². The molecule has 0 heterocycles. The van der Waals surface area contributed by atoms with Crippen LogP contribution in [-0.2, 0) is 0 Å². The van der Waals surface area contributed by atoms with E-state index in [1.54, 1.807) is 0 Å². The Kier molecular flexibility index (Phi) is 13.5. The zero-order chi connectivity index (χ0) is 15.0. The molecule has 1 aliphatic rings. The van der Waals surface area contributed by atoms with Crippen LogP contribution in [0.15, 0.2) is 0 Å². The van der Waals surface area contributed by atoms with Crippen molar-refractivity contribution in [2.45, 2.75) is 116 Å². The van der Waals surface area contributed by atoms with Crippen LogP contribution in [0.2, 0.25) is 0 Å². The fourth-order valence-corrected chi connectivity index (χ4v) is 3.79. The molecule has 1 nitrogen and oxygen atoms in total. The van der Waals surface area contributed by atoms with Gasteiger partial charge in [-0.15, -0.1) is 0 Å². The standard InChI is InChI=1S/C20H40O/c21-19-15-11-14-18-20-16-12-9-7-5-3-1-2-4-6-8-10-13-17-20/h20-21H,1-19H2. The van der Waals surface area contributed by atoms with Crippen LogP contribution in [0.25, 0.3) is 0 Å². The quantitative estimate of drug-likeness (QED) is 0.564. The second kappa shape index (κ2) is 14.9. The smallest absolute Gasteiger partial charge is 0.0431 e. The molecule has 0 amide bonds. The summed E-state index contributed by atoms with van der Waals surface area (Å²) in [7, 11) is 0. The van der Waals surface area contributed by atoms with Crippen molar-refractivity contribution < 1.29 is 5.11 Å². The summed E-state index contributed by atoms with van der Waals surface area (Å²) in [5, 5.41) is 8.88. The van der Waals surface area contributed by atoms with E-state index in [0.717, 1.165) is 12.3 Å². The zero-order valence-electron chi connectivity index (χ0n) is 14.5. The summed E-state index contributed by atoms with van der Waals surface area (Å²) in [5.41, 5.74) is 0. The van der Waals surface area contributed by atoms with Crippen molar-refractivity contribution >= 4 is 0 Å². The van der Waals surface area contributed by atoms with Gasteiger partial charge in [0.05, 0.1) is 0 Å². The van der Waals surface area contributed by atoms with Crippen LogP contribution in [0.5, 0.6) is 0 Å². The SMILES string of the molecule is OCCCCCC1CCCCCCCCCCCCCC1. The molecule has 0 unspecified atom stereocenters. The first kappa shape index (κ1) is 19.0. The van der Waals surface area contributed by atoms with Gasteiger partial charge in [-0.3, -0.25) is 0 Å². The van der Waals surface area contributed by atoms with Gasteiger partial charge >= 0.3 is 0 Å². The third-order valence-electron chi connectivity index (χ3n) is 5.25. The maximum atomic E-state index is 8.88. The number of rotatable bonds is 5. The monoisotopic (exact) mass is 296 g/mol. The second-order valence-corrected chi connectivity index (χ2v) is 7.26. The number of hydrogen-bond donors (Lipinski definition) is 1. The van der Waals surface area contributed by atoms with Crippen molar-refractivity contribution in [3.8, 4) is 0 Å². The van der Waals surface area contributed by atoms with Gasteiger partial charge in [0, 0.05) is 6.61 Å². The van der Waals surface area contributed by atoms with Gasteiger partial charge in [0.2, 0.25) is 0 Å². The molecular formula is C20H40O. The van der Waals surface area contributed by atoms with Crippen LogP contribution in [0.1, 0.15) is 116 Å². The van der Waals surface area contributed by atoms with Gasteiger partial charge in [-0.05, 0) is 12.3 Å². The highest BCUT2D eigenvalue weighted by atomic mass is 16.2. The van der Waals surface area contributed by atoms with Crippen LogP contribution < -0.4 is 0 Å². The number of aliphatic hydroxyl groups excluding tert-OH is 1. The largest absolute Gasteiger partial charge is 0.396 e. The summed E-state index contributed by atoms with van der Waals surface area (Å²) in [5.74, 6) is 0.980. The van der Waals surface area contributed by atoms with E-state index in [0.29, 0.717) is 6.61 Å². The first-order chi connectivity index (χ1) is 10.4.